The van der Waals surface area contributed by atoms with Gasteiger partial charge in [0.15, 0.2) is 12.4 Å². The molecule has 2 aromatic rings. The molecule has 0 radical (unpaired) electrons. The summed E-state index contributed by atoms with van der Waals surface area (Å²) in [5, 5.41) is 0. The van der Waals surface area contributed by atoms with Gasteiger partial charge in [-0.1, -0.05) is 13.8 Å². The van der Waals surface area contributed by atoms with Gasteiger partial charge in [-0.15, -0.1) is 0 Å². The topological polar surface area (TPSA) is 7.76 Å². The zero-order valence-electron chi connectivity index (χ0n) is 9.93. The second kappa shape index (κ2) is 4.88. The molecule has 2 nitrogen and oxygen atoms in total. The first-order valence-corrected chi connectivity index (χ1v) is 5.92. The first-order chi connectivity index (χ1) is 7.95. The Kier molecular flexibility index (Phi) is 3.30. The van der Waals surface area contributed by atoms with Crippen LogP contribution in [0.4, 0.5) is 0 Å². The molecule has 0 aromatic carbocycles. The lowest BCUT2D eigenvalue weighted by Crippen LogP contribution is -2.52. The van der Waals surface area contributed by atoms with Crippen LogP contribution < -0.4 is 9.13 Å². The monoisotopic (exact) mass is 214 g/mol. The molecule has 2 heteroatoms. The highest BCUT2D eigenvalue weighted by molar-refractivity contribution is 5.46. The first-order valence-electron chi connectivity index (χ1n) is 5.92. The van der Waals surface area contributed by atoms with E-state index in [9.17, 15) is 0 Å². The van der Waals surface area contributed by atoms with Crippen molar-refractivity contribution in [2.24, 2.45) is 0 Å². The molecule has 82 valence electrons. The molecule has 0 unspecified atom stereocenters. The van der Waals surface area contributed by atoms with Crippen LogP contribution in [0.1, 0.15) is 13.8 Å². The molecule has 0 fully saturated rings. The Hall–Kier alpha value is -1.70. The summed E-state index contributed by atoms with van der Waals surface area (Å²) in [5.41, 5.74) is 2.61. The third-order valence-corrected chi connectivity index (χ3v) is 2.73. The van der Waals surface area contributed by atoms with Crippen LogP contribution in [0.2, 0.25) is 0 Å². The summed E-state index contributed by atoms with van der Waals surface area (Å²) >= 11 is 0. The molecular weight excluding hydrogens is 196 g/mol. The third-order valence-electron chi connectivity index (χ3n) is 2.73. The molecule has 3 heterocycles. The predicted molar refractivity (Wildman–Crippen MR) is 63.6 cm³/mol. The van der Waals surface area contributed by atoms with Gasteiger partial charge < -0.3 is 0 Å². The van der Waals surface area contributed by atoms with Gasteiger partial charge in [0.05, 0.1) is 0 Å². The Labute approximate surface area is 96.8 Å². The second-order valence-electron chi connectivity index (χ2n) is 3.56. The van der Waals surface area contributed by atoms with Crippen molar-refractivity contribution >= 4 is 0 Å². The Morgan fingerprint density at radius 1 is 0.750 bits per heavy atom. The van der Waals surface area contributed by atoms with Gasteiger partial charge in [0, 0.05) is 24.3 Å². The molecule has 0 amide bonds. The number of rotatable bonds is 0. The van der Waals surface area contributed by atoms with Crippen LogP contribution in [0, 0.1) is 0 Å². The van der Waals surface area contributed by atoms with E-state index in [2.05, 4.69) is 57.9 Å². The van der Waals surface area contributed by atoms with E-state index in [0.29, 0.717) is 0 Å². The minimum Gasteiger partial charge on any atom is -0.187 e. The van der Waals surface area contributed by atoms with E-state index >= 15 is 0 Å². The molecule has 0 spiro atoms. The molecule has 1 aliphatic heterocycles. The Morgan fingerprint density at radius 2 is 1.19 bits per heavy atom. The number of fused-ring (bicyclic) bond motifs is 3. The lowest BCUT2D eigenvalue weighted by molar-refractivity contribution is -0.794. The number of hydrogen-bond donors (Lipinski definition) is 0. The van der Waals surface area contributed by atoms with Crippen molar-refractivity contribution in [3.05, 3.63) is 48.8 Å². The molecule has 0 N–H and O–H groups in total. The highest BCUT2D eigenvalue weighted by Gasteiger charge is 2.27. The van der Waals surface area contributed by atoms with Gasteiger partial charge in [-0.05, 0) is 12.1 Å². The second-order valence-corrected chi connectivity index (χ2v) is 3.56. The number of aryl methyl sites for hydroxylation is 2. The summed E-state index contributed by atoms with van der Waals surface area (Å²) in [5.74, 6) is 0. The molecular formula is C14H18N2+2. The Morgan fingerprint density at radius 3 is 1.62 bits per heavy atom. The quantitative estimate of drug-likeness (QED) is 0.592. The number of pyridine rings is 2. The Bertz CT molecular complexity index is 432. The summed E-state index contributed by atoms with van der Waals surface area (Å²) in [4.78, 5) is 0. The minimum absolute atomic E-state index is 1.07. The minimum atomic E-state index is 1.07. The van der Waals surface area contributed by atoms with Crippen molar-refractivity contribution in [1.29, 1.82) is 0 Å². The fraction of sp³-hybridized carbons (Fsp3) is 0.286. The molecule has 0 atom stereocenters. The predicted octanol–water partition coefficient (Wildman–Crippen LogP) is 1.97. The summed E-state index contributed by atoms with van der Waals surface area (Å²) in [6.07, 6.45) is 4.29. The number of hydrogen-bond acceptors (Lipinski definition) is 0. The van der Waals surface area contributed by atoms with Gasteiger partial charge >= 0.3 is 0 Å². The van der Waals surface area contributed by atoms with Crippen LogP contribution in [0.15, 0.2) is 48.8 Å². The largest absolute Gasteiger partial charge is 0.277 e. The maximum absolute atomic E-state index is 2.30. The Balaban J connectivity index is 0.000000457. The molecule has 0 aliphatic carbocycles. The van der Waals surface area contributed by atoms with Crippen LogP contribution in [0.3, 0.4) is 0 Å². The van der Waals surface area contributed by atoms with E-state index < -0.39 is 0 Å². The molecule has 3 rings (SSSR count). The van der Waals surface area contributed by atoms with E-state index in [-0.39, 0.29) is 0 Å². The van der Waals surface area contributed by atoms with Gasteiger partial charge in [0.2, 0.25) is 13.1 Å². The molecule has 16 heavy (non-hydrogen) atoms. The average Bonchev–Trinajstić information content (AvgIpc) is 2.41. The normalized spacial score (nSPS) is 11.9. The highest BCUT2D eigenvalue weighted by atomic mass is 15.1. The van der Waals surface area contributed by atoms with E-state index in [4.69, 9.17) is 0 Å². The lowest BCUT2D eigenvalue weighted by atomic mass is 10.2. The summed E-state index contributed by atoms with van der Waals surface area (Å²) in [6, 6.07) is 12.7. The number of aromatic nitrogens is 2. The third kappa shape index (κ3) is 1.83. The summed E-state index contributed by atoms with van der Waals surface area (Å²) in [6.45, 7) is 6.13. The van der Waals surface area contributed by atoms with Crippen LogP contribution >= 0.6 is 0 Å². The van der Waals surface area contributed by atoms with Crippen LogP contribution in [-0.4, -0.2) is 0 Å². The zero-order chi connectivity index (χ0) is 11.4. The van der Waals surface area contributed by atoms with Gasteiger partial charge in [-0.2, -0.15) is 9.13 Å². The van der Waals surface area contributed by atoms with Gasteiger partial charge in [-0.25, -0.2) is 0 Å². The van der Waals surface area contributed by atoms with Crippen molar-refractivity contribution in [2.45, 2.75) is 26.9 Å². The first kappa shape index (κ1) is 10.8. The van der Waals surface area contributed by atoms with Crippen molar-refractivity contribution in [3.8, 4) is 11.4 Å². The van der Waals surface area contributed by atoms with Crippen molar-refractivity contribution in [2.75, 3.05) is 0 Å². The maximum atomic E-state index is 2.30. The highest BCUT2D eigenvalue weighted by Crippen LogP contribution is 2.11. The smallest absolute Gasteiger partial charge is 0.187 e. The maximum Gasteiger partial charge on any atom is 0.277 e. The van der Waals surface area contributed by atoms with Gasteiger partial charge in [-0.3, -0.25) is 0 Å². The fourth-order valence-electron chi connectivity index (χ4n) is 2.02. The lowest BCUT2D eigenvalue weighted by Gasteiger charge is -2.08. The van der Waals surface area contributed by atoms with E-state index in [1.54, 1.807) is 0 Å². The average molecular weight is 214 g/mol. The number of nitrogens with zero attached hydrogens (tertiary/aromatic N) is 2. The van der Waals surface area contributed by atoms with E-state index in [1.807, 2.05) is 13.8 Å². The summed E-state index contributed by atoms with van der Waals surface area (Å²) in [7, 11) is 0. The van der Waals surface area contributed by atoms with E-state index in [0.717, 1.165) is 13.1 Å². The van der Waals surface area contributed by atoms with Crippen LogP contribution in [0.5, 0.6) is 0 Å². The summed E-state index contributed by atoms with van der Waals surface area (Å²) < 4.78 is 4.60. The van der Waals surface area contributed by atoms with Crippen molar-refractivity contribution in [3.63, 3.8) is 0 Å². The van der Waals surface area contributed by atoms with Crippen LogP contribution in [0.25, 0.3) is 11.4 Å². The standard InChI is InChI=1S/C12H12N2.C2H6/c1-3-7-13-9-10-14-8-4-2-6-12(14)11(13)5-1;1-2/h1-8H,9-10H2;1-2H3/q+2;. The SMILES string of the molecule is CC.c1cc[n+]2c(c1)-c1cccc[n+]1CC2. The van der Waals surface area contributed by atoms with Crippen LogP contribution in [-0.2, 0) is 13.1 Å². The van der Waals surface area contributed by atoms with E-state index in [1.165, 1.54) is 11.4 Å². The molecule has 1 aliphatic rings. The molecule has 2 aromatic heterocycles. The molecule has 0 bridgehead atoms. The fourth-order valence-corrected chi connectivity index (χ4v) is 2.02. The molecule has 0 saturated carbocycles. The molecule has 0 saturated heterocycles. The van der Waals surface area contributed by atoms with Gasteiger partial charge in [0.1, 0.15) is 0 Å². The van der Waals surface area contributed by atoms with Crippen molar-refractivity contribution in [1.82, 2.24) is 0 Å². The van der Waals surface area contributed by atoms with Gasteiger partial charge in [0.25, 0.3) is 11.4 Å². The zero-order valence-corrected chi connectivity index (χ0v) is 9.93. The van der Waals surface area contributed by atoms with Crippen molar-refractivity contribution < 1.29 is 9.13 Å².